The van der Waals surface area contributed by atoms with E-state index < -0.39 is 0 Å². The first kappa shape index (κ1) is 14.7. The highest BCUT2D eigenvalue weighted by Crippen LogP contribution is 2.26. The Balaban J connectivity index is 2.47. The fraction of sp³-hybridized carbons (Fsp3) is 0.412. The van der Waals surface area contributed by atoms with E-state index in [1.54, 1.807) is 0 Å². The molecule has 0 unspecified atom stereocenters. The maximum Gasteiger partial charge on any atom is 0.130 e. The molecular formula is C17H23N3. The van der Waals surface area contributed by atoms with Crippen LogP contribution in [0.1, 0.15) is 36.4 Å². The quantitative estimate of drug-likeness (QED) is 0.929. The van der Waals surface area contributed by atoms with Gasteiger partial charge in [0.05, 0.1) is 5.69 Å². The zero-order valence-electron chi connectivity index (χ0n) is 13.0. The minimum atomic E-state index is -0.296. The Labute approximate surface area is 121 Å². The average molecular weight is 269 g/mol. The van der Waals surface area contributed by atoms with Crippen molar-refractivity contribution in [1.82, 2.24) is 9.97 Å². The molecule has 0 aliphatic rings. The van der Waals surface area contributed by atoms with Gasteiger partial charge < -0.3 is 5.73 Å². The Morgan fingerprint density at radius 2 is 1.70 bits per heavy atom. The summed E-state index contributed by atoms with van der Waals surface area (Å²) in [7, 11) is 0. The number of aromatic nitrogens is 2. The summed E-state index contributed by atoms with van der Waals surface area (Å²) in [6.07, 6.45) is 2.49. The first-order chi connectivity index (χ1) is 9.26. The molecule has 3 heteroatoms. The Hall–Kier alpha value is -1.74. The van der Waals surface area contributed by atoms with Gasteiger partial charge in [-0.25, -0.2) is 9.97 Å². The van der Waals surface area contributed by atoms with Gasteiger partial charge in [0.2, 0.25) is 0 Å². The molecule has 0 fully saturated rings. The van der Waals surface area contributed by atoms with Crippen molar-refractivity contribution in [2.24, 2.45) is 5.73 Å². The molecular weight excluding hydrogens is 246 g/mol. The second-order valence-corrected chi connectivity index (χ2v) is 6.30. The first-order valence-corrected chi connectivity index (χ1v) is 6.95. The summed E-state index contributed by atoms with van der Waals surface area (Å²) in [5, 5.41) is 0. The van der Waals surface area contributed by atoms with E-state index in [1.807, 2.05) is 26.1 Å². The molecule has 2 N–H and O–H groups in total. The van der Waals surface area contributed by atoms with E-state index in [1.165, 1.54) is 22.3 Å². The van der Waals surface area contributed by atoms with Crippen molar-refractivity contribution >= 4 is 0 Å². The largest absolute Gasteiger partial charge is 0.325 e. The molecule has 0 radical (unpaired) electrons. The number of rotatable bonds is 3. The molecule has 3 nitrogen and oxygen atoms in total. The van der Waals surface area contributed by atoms with Crippen molar-refractivity contribution < 1.29 is 0 Å². The second-order valence-electron chi connectivity index (χ2n) is 6.30. The molecule has 0 aliphatic heterocycles. The number of nitrogens with two attached hydrogens (primary N) is 1. The van der Waals surface area contributed by atoms with E-state index in [2.05, 4.69) is 42.9 Å². The molecule has 1 aromatic heterocycles. The molecule has 0 saturated heterocycles. The van der Waals surface area contributed by atoms with Crippen LogP contribution in [-0.4, -0.2) is 15.5 Å². The summed E-state index contributed by atoms with van der Waals surface area (Å²) in [6.45, 7) is 10.4. The molecule has 0 amide bonds. The molecule has 0 atom stereocenters. The van der Waals surface area contributed by atoms with Crippen LogP contribution < -0.4 is 5.73 Å². The second kappa shape index (κ2) is 5.33. The highest BCUT2D eigenvalue weighted by atomic mass is 14.9. The van der Waals surface area contributed by atoms with E-state index in [-0.39, 0.29) is 5.54 Å². The van der Waals surface area contributed by atoms with Gasteiger partial charge in [0.1, 0.15) is 5.82 Å². The Kier molecular flexibility index (Phi) is 3.91. The molecule has 0 bridgehead atoms. The zero-order valence-corrected chi connectivity index (χ0v) is 13.0. The van der Waals surface area contributed by atoms with Crippen LogP contribution in [0.5, 0.6) is 0 Å². The van der Waals surface area contributed by atoms with Crippen LogP contribution in [0.3, 0.4) is 0 Å². The summed E-state index contributed by atoms with van der Waals surface area (Å²) >= 11 is 0. The maximum atomic E-state index is 6.06. The molecule has 0 spiro atoms. The van der Waals surface area contributed by atoms with Crippen LogP contribution in [0, 0.1) is 20.8 Å². The minimum Gasteiger partial charge on any atom is -0.325 e. The van der Waals surface area contributed by atoms with Crippen molar-refractivity contribution in [3.63, 3.8) is 0 Å². The van der Waals surface area contributed by atoms with Gasteiger partial charge in [-0.2, -0.15) is 0 Å². The van der Waals surface area contributed by atoms with Gasteiger partial charge >= 0.3 is 0 Å². The van der Waals surface area contributed by atoms with Crippen LogP contribution in [0.25, 0.3) is 11.3 Å². The maximum absolute atomic E-state index is 6.06. The van der Waals surface area contributed by atoms with Gasteiger partial charge in [0, 0.05) is 23.7 Å². The molecule has 0 saturated carbocycles. The van der Waals surface area contributed by atoms with Gasteiger partial charge in [0.25, 0.3) is 0 Å². The van der Waals surface area contributed by atoms with Crippen molar-refractivity contribution in [1.29, 1.82) is 0 Å². The summed E-state index contributed by atoms with van der Waals surface area (Å²) in [5.74, 6) is 0.800. The van der Waals surface area contributed by atoms with Crippen molar-refractivity contribution in [2.45, 2.75) is 46.6 Å². The van der Waals surface area contributed by atoms with Crippen LogP contribution in [0.4, 0.5) is 0 Å². The van der Waals surface area contributed by atoms with Gasteiger partial charge in [-0.15, -0.1) is 0 Å². The molecule has 0 aliphatic carbocycles. The van der Waals surface area contributed by atoms with Crippen LogP contribution in [0.15, 0.2) is 24.4 Å². The number of hydrogen-bond acceptors (Lipinski definition) is 3. The van der Waals surface area contributed by atoms with Crippen molar-refractivity contribution in [2.75, 3.05) is 0 Å². The number of benzene rings is 1. The van der Waals surface area contributed by atoms with Crippen molar-refractivity contribution in [3.05, 3.63) is 46.9 Å². The normalized spacial score (nSPS) is 11.7. The fourth-order valence-electron chi connectivity index (χ4n) is 2.62. The number of aryl methyl sites for hydroxylation is 3. The summed E-state index contributed by atoms with van der Waals surface area (Å²) in [4.78, 5) is 9.02. The average Bonchev–Trinajstić information content (AvgIpc) is 2.25. The molecule has 2 rings (SSSR count). The van der Waals surface area contributed by atoms with Gasteiger partial charge in [-0.05, 0) is 51.8 Å². The SMILES string of the molecule is Cc1cc(C)c(-c2ccnc(CC(C)(C)N)n2)c(C)c1. The van der Waals surface area contributed by atoms with Gasteiger partial charge in [-0.3, -0.25) is 0 Å². The standard InChI is InChI=1S/C17H23N3/c1-11-8-12(2)16(13(3)9-11)14-6-7-19-15(20-14)10-17(4,5)18/h6-9H,10,18H2,1-5H3. The van der Waals surface area contributed by atoms with E-state index in [0.717, 1.165) is 11.5 Å². The lowest BCUT2D eigenvalue weighted by molar-refractivity contribution is 0.502. The number of nitrogens with zero attached hydrogens (tertiary/aromatic N) is 2. The molecule has 1 aromatic carbocycles. The van der Waals surface area contributed by atoms with E-state index in [0.29, 0.717) is 6.42 Å². The number of hydrogen-bond donors (Lipinski definition) is 1. The molecule has 106 valence electrons. The van der Waals surface area contributed by atoms with Crippen LogP contribution >= 0.6 is 0 Å². The van der Waals surface area contributed by atoms with Crippen LogP contribution in [0.2, 0.25) is 0 Å². The predicted octanol–water partition coefficient (Wildman–Crippen LogP) is 3.35. The third-order valence-corrected chi connectivity index (χ3v) is 3.25. The topological polar surface area (TPSA) is 51.8 Å². The first-order valence-electron chi connectivity index (χ1n) is 6.95. The molecule has 2 aromatic rings. The monoisotopic (exact) mass is 269 g/mol. The van der Waals surface area contributed by atoms with Gasteiger partial charge in [-0.1, -0.05) is 17.7 Å². The highest BCUT2D eigenvalue weighted by molar-refractivity contribution is 5.67. The van der Waals surface area contributed by atoms with E-state index in [9.17, 15) is 0 Å². The molecule has 20 heavy (non-hydrogen) atoms. The minimum absolute atomic E-state index is 0.296. The van der Waals surface area contributed by atoms with E-state index >= 15 is 0 Å². The Morgan fingerprint density at radius 1 is 1.10 bits per heavy atom. The predicted molar refractivity (Wildman–Crippen MR) is 83.6 cm³/mol. The molecule has 1 heterocycles. The highest BCUT2D eigenvalue weighted by Gasteiger charge is 2.15. The smallest absolute Gasteiger partial charge is 0.130 e. The fourth-order valence-corrected chi connectivity index (χ4v) is 2.62. The summed E-state index contributed by atoms with van der Waals surface area (Å²) < 4.78 is 0. The van der Waals surface area contributed by atoms with Crippen LogP contribution in [-0.2, 0) is 6.42 Å². The lowest BCUT2D eigenvalue weighted by Gasteiger charge is -2.17. The Bertz CT molecular complexity index is 601. The lowest BCUT2D eigenvalue weighted by atomic mass is 9.97. The Morgan fingerprint density at radius 3 is 2.25 bits per heavy atom. The third-order valence-electron chi connectivity index (χ3n) is 3.25. The zero-order chi connectivity index (χ0) is 14.9. The summed E-state index contributed by atoms with van der Waals surface area (Å²) in [5.41, 5.74) is 11.7. The van der Waals surface area contributed by atoms with E-state index in [4.69, 9.17) is 5.73 Å². The lowest BCUT2D eigenvalue weighted by Crippen LogP contribution is -2.35. The van der Waals surface area contributed by atoms with Gasteiger partial charge in [0.15, 0.2) is 0 Å². The summed E-state index contributed by atoms with van der Waals surface area (Å²) in [6, 6.07) is 6.35. The third kappa shape index (κ3) is 3.42. The van der Waals surface area contributed by atoms with Crippen molar-refractivity contribution in [3.8, 4) is 11.3 Å².